The third-order valence-corrected chi connectivity index (χ3v) is 4.42. The van der Waals surface area contributed by atoms with Crippen LogP contribution in [0.4, 0.5) is 0 Å². The zero-order valence-electron chi connectivity index (χ0n) is 10.5. The van der Waals surface area contributed by atoms with E-state index in [0.29, 0.717) is 17.6 Å². The smallest absolute Gasteiger partial charge is 0.136 e. The van der Waals surface area contributed by atoms with Crippen LogP contribution in [-0.4, -0.2) is 18.9 Å². The molecule has 0 aromatic heterocycles. The summed E-state index contributed by atoms with van der Waals surface area (Å²) in [7, 11) is 0. The summed E-state index contributed by atoms with van der Waals surface area (Å²) in [4.78, 5) is 12.2. The fraction of sp³-hybridized carbons (Fsp3) is 0.929. The summed E-state index contributed by atoms with van der Waals surface area (Å²) in [6.45, 7) is 4.53. The molecule has 92 valence electrons. The van der Waals surface area contributed by atoms with Gasteiger partial charge in [0.05, 0.1) is 0 Å². The van der Waals surface area contributed by atoms with Crippen LogP contribution in [0.3, 0.4) is 0 Å². The summed E-state index contributed by atoms with van der Waals surface area (Å²) < 4.78 is 0. The minimum absolute atomic E-state index is 0.408. The SMILES string of the molecule is CC1CCC(C(=O)CC2CCNCC2)CC1. The lowest BCUT2D eigenvalue weighted by molar-refractivity contribution is -0.125. The number of hydrogen-bond acceptors (Lipinski definition) is 2. The maximum atomic E-state index is 12.2. The van der Waals surface area contributed by atoms with Crippen molar-refractivity contribution >= 4 is 5.78 Å². The van der Waals surface area contributed by atoms with Gasteiger partial charge in [-0.3, -0.25) is 4.79 Å². The van der Waals surface area contributed by atoms with Gasteiger partial charge in [0.2, 0.25) is 0 Å². The van der Waals surface area contributed by atoms with Crippen LogP contribution >= 0.6 is 0 Å². The first-order valence-corrected chi connectivity index (χ1v) is 6.99. The maximum absolute atomic E-state index is 12.2. The van der Waals surface area contributed by atoms with E-state index in [2.05, 4.69) is 12.2 Å². The number of carbonyl (C=O) groups excluding carboxylic acids is 1. The van der Waals surface area contributed by atoms with Crippen LogP contribution in [0.15, 0.2) is 0 Å². The zero-order valence-corrected chi connectivity index (χ0v) is 10.5. The normalized spacial score (nSPS) is 32.6. The van der Waals surface area contributed by atoms with Crippen LogP contribution in [-0.2, 0) is 4.79 Å². The average molecular weight is 223 g/mol. The van der Waals surface area contributed by atoms with Gasteiger partial charge in [0.1, 0.15) is 5.78 Å². The Hall–Kier alpha value is -0.370. The molecular formula is C14H25NO. The van der Waals surface area contributed by atoms with Crippen molar-refractivity contribution in [2.75, 3.05) is 13.1 Å². The molecule has 2 heteroatoms. The van der Waals surface area contributed by atoms with Gasteiger partial charge in [0.15, 0.2) is 0 Å². The quantitative estimate of drug-likeness (QED) is 0.797. The highest BCUT2D eigenvalue weighted by Gasteiger charge is 2.26. The van der Waals surface area contributed by atoms with E-state index < -0.39 is 0 Å². The second kappa shape index (κ2) is 5.81. The van der Waals surface area contributed by atoms with E-state index in [9.17, 15) is 4.79 Å². The first-order valence-electron chi connectivity index (χ1n) is 6.99. The van der Waals surface area contributed by atoms with Gasteiger partial charge in [-0.05, 0) is 50.6 Å². The Morgan fingerprint density at radius 1 is 1.06 bits per heavy atom. The van der Waals surface area contributed by atoms with Crippen molar-refractivity contribution in [1.29, 1.82) is 0 Å². The van der Waals surface area contributed by atoms with Gasteiger partial charge in [0.25, 0.3) is 0 Å². The van der Waals surface area contributed by atoms with Gasteiger partial charge in [-0.15, -0.1) is 0 Å². The summed E-state index contributed by atoms with van der Waals surface area (Å²) >= 11 is 0. The summed E-state index contributed by atoms with van der Waals surface area (Å²) in [6.07, 6.45) is 8.12. The van der Waals surface area contributed by atoms with E-state index in [4.69, 9.17) is 0 Å². The van der Waals surface area contributed by atoms with Gasteiger partial charge in [-0.25, -0.2) is 0 Å². The Balaban J connectivity index is 1.74. The van der Waals surface area contributed by atoms with Crippen LogP contribution in [0.2, 0.25) is 0 Å². The molecule has 0 atom stereocenters. The molecule has 2 rings (SSSR count). The third kappa shape index (κ3) is 3.31. The molecule has 1 aliphatic heterocycles. The van der Waals surface area contributed by atoms with E-state index >= 15 is 0 Å². The lowest BCUT2D eigenvalue weighted by atomic mass is 9.78. The van der Waals surface area contributed by atoms with Crippen LogP contribution in [0, 0.1) is 17.8 Å². The lowest BCUT2D eigenvalue weighted by Gasteiger charge is -2.28. The highest BCUT2D eigenvalue weighted by Crippen LogP contribution is 2.31. The predicted molar refractivity (Wildman–Crippen MR) is 66.3 cm³/mol. The Morgan fingerprint density at radius 3 is 2.31 bits per heavy atom. The Kier molecular flexibility index (Phi) is 4.39. The Labute approximate surface area is 99.2 Å². The lowest BCUT2D eigenvalue weighted by Crippen LogP contribution is -2.30. The van der Waals surface area contributed by atoms with Crippen molar-refractivity contribution in [3.8, 4) is 0 Å². The topological polar surface area (TPSA) is 29.1 Å². The van der Waals surface area contributed by atoms with Gasteiger partial charge in [-0.1, -0.05) is 19.8 Å². The molecule has 1 N–H and O–H groups in total. The molecule has 0 aromatic rings. The maximum Gasteiger partial charge on any atom is 0.136 e. The number of piperidine rings is 1. The van der Waals surface area contributed by atoms with Gasteiger partial charge < -0.3 is 5.32 Å². The van der Waals surface area contributed by atoms with Crippen molar-refractivity contribution in [3.63, 3.8) is 0 Å². The fourth-order valence-corrected chi connectivity index (χ4v) is 3.12. The molecule has 2 aliphatic rings. The van der Waals surface area contributed by atoms with E-state index in [1.807, 2.05) is 0 Å². The molecule has 1 heterocycles. The molecule has 0 bridgehead atoms. The molecule has 0 amide bonds. The largest absolute Gasteiger partial charge is 0.317 e. The molecular weight excluding hydrogens is 198 g/mol. The Bertz CT molecular complexity index is 225. The molecule has 16 heavy (non-hydrogen) atoms. The molecule has 0 aromatic carbocycles. The number of ketones is 1. The minimum Gasteiger partial charge on any atom is -0.317 e. The monoisotopic (exact) mass is 223 g/mol. The van der Waals surface area contributed by atoms with Crippen LogP contribution in [0.5, 0.6) is 0 Å². The van der Waals surface area contributed by atoms with Crippen LogP contribution in [0.1, 0.15) is 51.9 Å². The van der Waals surface area contributed by atoms with E-state index in [1.54, 1.807) is 0 Å². The predicted octanol–water partition coefficient (Wildman–Crippen LogP) is 2.77. The minimum atomic E-state index is 0.408. The van der Waals surface area contributed by atoms with Crippen molar-refractivity contribution in [1.82, 2.24) is 5.32 Å². The first-order chi connectivity index (χ1) is 7.75. The fourth-order valence-electron chi connectivity index (χ4n) is 3.12. The van der Waals surface area contributed by atoms with E-state index in [0.717, 1.165) is 38.3 Å². The number of rotatable bonds is 3. The van der Waals surface area contributed by atoms with Gasteiger partial charge in [0, 0.05) is 12.3 Å². The molecule has 1 saturated carbocycles. The van der Waals surface area contributed by atoms with Gasteiger partial charge >= 0.3 is 0 Å². The second-order valence-electron chi connectivity index (χ2n) is 5.82. The molecule has 1 aliphatic carbocycles. The molecule has 1 saturated heterocycles. The zero-order chi connectivity index (χ0) is 11.4. The van der Waals surface area contributed by atoms with Crippen LogP contribution in [0.25, 0.3) is 0 Å². The van der Waals surface area contributed by atoms with E-state index in [1.165, 1.54) is 25.7 Å². The Morgan fingerprint density at radius 2 is 1.69 bits per heavy atom. The molecule has 0 spiro atoms. The second-order valence-corrected chi connectivity index (χ2v) is 5.82. The summed E-state index contributed by atoms with van der Waals surface area (Å²) in [5, 5.41) is 3.36. The van der Waals surface area contributed by atoms with Crippen molar-refractivity contribution in [3.05, 3.63) is 0 Å². The van der Waals surface area contributed by atoms with Crippen molar-refractivity contribution < 1.29 is 4.79 Å². The first kappa shape index (κ1) is 12.1. The van der Waals surface area contributed by atoms with Crippen molar-refractivity contribution in [2.24, 2.45) is 17.8 Å². The van der Waals surface area contributed by atoms with Gasteiger partial charge in [-0.2, -0.15) is 0 Å². The standard InChI is InChI=1S/C14H25NO/c1-11-2-4-13(5-3-11)14(16)10-12-6-8-15-9-7-12/h11-13,15H,2-10H2,1H3. The number of hydrogen-bond donors (Lipinski definition) is 1. The number of nitrogens with one attached hydrogen (secondary N) is 1. The molecule has 2 fully saturated rings. The number of Topliss-reactive ketones (excluding diaryl/α,β-unsaturated/α-hetero) is 1. The molecule has 0 unspecified atom stereocenters. The highest BCUT2D eigenvalue weighted by molar-refractivity contribution is 5.81. The molecule has 0 radical (unpaired) electrons. The number of carbonyl (C=O) groups is 1. The summed E-state index contributed by atoms with van der Waals surface area (Å²) in [5.41, 5.74) is 0. The van der Waals surface area contributed by atoms with E-state index in [-0.39, 0.29) is 0 Å². The third-order valence-electron chi connectivity index (χ3n) is 4.42. The highest BCUT2D eigenvalue weighted by atomic mass is 16.1. The van der Waals surface area contributed by atoms with Crippen LogP contribution < -0.4 is 5.32 Å². The molecule has 2 nitrogen and oxygen atoms in total. The van der Waals surface area contributed by atoms with Crippen molar-refractivity contribution in [2.45, 2.75) is 51.9 Å². The average Bonchev–Trinajstić information content (AvgIpc) is 2.31. The summed E-state index contributed by atoms with van der Waals surface area (Å²) in [6, 6.07) is 0. The summed E-state index contributed by atoms with van der Waals surface area (Å²) in [5.74, 6) is 2.50.